The van der Waals surface area contributed by atoms with Crippen molar-refractivity contribution < 1.29 is 9.53 Å². The molecule has 1 aromatic heterocycles. The number of ether oxygens (including phenoxy) is 1. The molecule has 1 saturated carbocycles. The smallest absolute Gasteiger partial charge is 0.255 e. The number of carbonyl (C=O) groups is 1. The van der Waals surface area contributed by atoms with E-state index in [-0.39, 0.29) is 5.91 Å². The van der Waals surface area contributed by atoms with Crippen LogP contribution in [-0.2, 0) is 6.54 Å². The first-order valence-electron chi connectivity index (χ1n) is 11.4. The van der Waals surface area contributed by atoms with Gasteiger partial charge in [-0.1, -0.05) is 49.2 Å². The number of nitrogens with one attached hydrogen (secondary N) is 2. The van der Waals surface area contributed by atoms with Gasteiger partial charge in [0.15, 0.2) is 0 Å². The molecule has 1 aliphatic rings. The molecule has 3 aromatic rings. The normalized spacial score (nSPS) is 13.5. The predicted octanol–water partition coefficient (Wildman–Crippen LogP) is 4.91. The average molecular weight is 444 g/mol. The Labute approximate surface area is 194 Å². The number of nitriles is 1. The number of amides is 1. The van der Waals surface area contributed by atoms with E-state index >= 15 is 0 Å². The van der Waals surface area contributed by atoms with Crippen molar-refractivity contribution in [2.24, 2.45) is 0 Å². The summed E-state index contributed by atoms with van der Waals surface area (Å²) in [6.07, 6.45) is 4.58. The highest BCUT2D eigenvalue weighted by molar-refractivity contribution is 5.96. The van der Waals surface area contributed by atoms with Crippen molar-refractivity contribution >= 4 is 11.7 Å². The monoisotopic (exact) mass is 443 g/mol. The summed E-state index contributed by atoms with van der Waals surface area (Å²) in [6.45, 7) is 3.15. The Hall–Kier alpha value is -3.79. The fraction of sp³-hybridized carbons (Fsp3) is 0.346. The standard InChI is InChI=1S/C26H29N5O2/c1-3-28-25-22(16-27)24(30-31(25)20-8-4-5-9-20)19-14-12-18(13-15-19)17-29-26(32)21-10-6-7-11-23(21)33-2/h6-7,10-15,20,28H,3-5,8-9,17H2,1-2H3,(H,29,32). The summed E-state index contributed by atoms with van der Waals surface area (Å²) in [5.41, 5.74) is 3.64. The first-order valence-corrected chi connectivity index (χ1v) is 11.4. The van der Waals surface area contributed by atoms with Crippen molar-refractivity contribution in [2.45, 2.75) is 45.2 Å². The molecule has 0 spiro atoms. The molecule has 4 rings (SSSR count). The van der Waals surface area contributed by atoms with E-state index in [4.69, 9.17) is 9.84 Å². The lowest BCUT2D eigenvalue weighted by molar-refractivity contribution is 0.0948. The maximum atomic E-state index is 12.6. The summed E-state index contributed by atoms with van der Waals surface area (Å²) in [4.78, 5) is 12.6. The Kier molecular flexibility index (Phi) is 6.94. The molecule has 0 atom stereocenters. The van der Waals surface area contributed by atoms with Crippen LogP contribution in [0.2, 0.25) is 0 Å². The average Bonchev–Trinajstić information content (AvgIpc) is 3.51. The molecule has 1 fully saturated rings. The molecule has 7 nitrogen and oxygen atoms in total. The van der Waals surface area contributed by atoms with Crippen LogP contribution in [0.1, 0.15) is 60.1 Å². The first kappa shape index (κ1) is 22.4. The third kappa shape index (κ3) is 4.70. The van der Waals surface area contributed by atoms with Gasteiger partial charge < -0.3 is 15.4 Å². The van der Waals surface area contributed by atoms with Gasteiger partial charge in [0, 0.05) is 18.7 Å². The van der Waals surface area contributed by atoms with Gasteiger partial charge in [0.05, 0.1) is 18.7 Å². The number of benzene rings is 2. The predicted molar refractivity (Wildman–Crippen MR) is 128 cm³/mol. The van der Waals surface area contributed by atoms with E-state index in [0.29, 0.717) is 35.2 Å². The molecule has 0 bridgehead atoms. The van der Waals surface area contributed by atoms with Crippen molar-refractivity contribution in [2.75, 3.05) is 19.0 Å². The first-order chi connectivity index (χ1) is 16.2. The number of hydrogen-bond donors (Lipinski definition) is 2. The summed E-state index contributed by atoms with van der Waals surface area (Å²) in [5.74, 6) is 1.17. The van der Waals surface area contributed by atoms with Gasteiger partial charge in [-0.2, -0.15) is 10.4 Å². The second kappa shape index (κ2) is 10.2. The van der Waals surface area contributed by atoms with Crippen LogP contribution in [-0.4, -0.2) is 29.3 Å². The lowest BCUT2D eigenvalue weighted by Gasteiger charge is -2.14. The van der Waals surface area contributed by atoms with Gasteiger partial charge in [0.25, 0.3) is 5.91 Å². The summed E-state index contributed by atoms with van der Waals surface area (Å²) in [6, 6.07) is 17.7. The fourth-order valence-corrected chi connectivity index (χ4v) is 4.38. The SMILES string of the molecule is CCNc1c(C#N)c(-c2ccc(CNC(=O)c3ccccc3OC)cc2)nn1C1CCCC1. The zero-order chi connectivity index (χ0) is 23.2. The molecule has 1 heterocycles. The molecule has 2 aromatic carbocycles. The van der Waals surface area contributed by atoms with Crippen molar-refractivity contribution in [3.63, 3.8) is 0 Å². The molecular formula is C26H29N5O2. The summed E-state index contributed by atoms with van der Waals surface area (Å²) >= 11 is 0. The van der Waals surface area contributed by atoms with E-state index in [1.165, 1.54) is 12.8 Å². The van der Waals surface area contributed by atoms with Crippen LogP contribution < -0.4 is 15.4 Å². The Morgan fingerprint density at radius 1 is 1.18 bits per heavy atom. The highest BCUT2D eigenvalue weighted by Gasteiger charge is 2.26. The number of hydrogen-bond acceptors (Lipinski definition) is 5. The van der Waals surface area contributed by atoms with E-state index in [2.05, 4.69) is 16.7 Å². The van der Waals surface area contributed by atoms with Crippen molar-refractivity contribution in [3.8, 4) is 23.1 Å². The van der Waals surface area contributed by atoms with Crippen LogP contribution in [0.4, 0.5) is 5.82 Å². The van der Waals surface area contributed by atoms with E-state index in [9.17, 15) is 10.1 Å². The van der Waals surface area contributed by atoms with Crippen molar-refractivity contribution in [3.05, 3.63) is 65.2 Å². The van der Waals surface area contributed by atoms with E-state index in [0.717, 1.165) is 36.3 Å². The number of aromatic nitrogens is 2. The van der Waals surface area contributed by atoms with Crippen LogP contribution in [0.3, 0.4) is 0 Å². The molecule has 0 unspecified atom stereocenters. The zero-order valence-electron chi connectivity index (χ0n) is 19.1. The second-order valence-electron chi connectivity index (χ2n) is 8.18. The maximum Gasteiger partial charge on any atom is 0.255 e. The lowest BCUT2D eigenvalue weighted by atomic mass is 10.1. The van der Waals surface area contributed by atoms with E-state index in [1.807, 2.05) is 48.0 Å². The Balaban J connectivity index is 1.53. The van der Waals surface area contributed by atoms with Crippen LogP contribution in [0, 0.1) is 11.3 Å². The van der Waals surface area contributed by atoms with Gasteiger partial charge in [0.1, 0.15) is 28.9 Å². The van der Waals surface area contributed by atoms with Crippen LogP contribution in [0.15, 0.2) is 48.5 Å². The van der Waals surface area contributed by atoms with Gasteiger partial charge in [-0.15, -0.1) is 0 Å². The minimum Gasteiger partial charge on any atom is -0.496 e. The largest absolute Gasteiger partial charge is 0.496 e. The molecule has 7 heteroatoms. The highest BCUT2D eigenvalue weighted by atomic mass is 16.5. The number of carbonyl (C=O) groups excluding carboxylic acids is 1. The molecule has 170 valence electrons. The fourth-order valence-electron chi connectivity index (χ4n) is 4.38. The molecule has 0 saturated heterocycles. The van der Waals surface area contributed by atoms with Crippen LogP contribution in [0.25, 0.3) is 11.3 Å². The van der Waals surface area contributed by atoms with E-state index in [1.54, 1.807) is 19.2 Å². The Morgan fingerprint density at radius 2 is 1.91 bits per heavy atom. The molecule has 2 N–H and O–H groups in total. The van der Waals surface area contributed by atoms with Crippen molar-refractivity contribution in [1.82, 2.24) is 15.1 Å². The number of rotatable bonds is 8. The van der Waals surface area contributed by atoms with Gasteiger partial charge in [-0.25, -0.2) is 4.68 Å². The molecule has 33 heavy (non-hydrogen) atoms. The second-order valence-corrected chi connectivity index (χ2v) is 8.18. The molecular weight excluding hydrogens is 414 g/mol. The van der Waals surface area contributed by atoms with Gasteiger partial charge in [0.2, 0.25) is 0 Å². The summed E-state index contributed by atoms with van der Waals surface area (Å²) in [5, 5.41) is 21.0. The Morgan fingerprint density at radius 3 is 2.58 bits per heavy atom. The third-order valence-corrected chi connectivity index (χ3v) is 6.07. The highest BCUT2D eigenvalue weighted by Crippen LogP contribution is 2.36. The molecule has 1 aliphatic carbocycles. The van der Waals surface area contributed by atoms with Gasteiger partial charge >= 0.3 is 0 Å². The minimum atomic E-state index is -0.186. The number of methoxy groups -OCH3 is 1. The molecule has 0 aliphatic heterocycles. The quantitative estimate of drug-likeness (QED) is 0.516. The molecule has 0 radical (unpaired) electrons. The number of nitrogens with zero attached hydrogens (tertiary/aromatic N) is 3. The van der Waals surface area contributed by atoms with Crippen LogP contribution in [0.5, 0.6) is 5.75 Å². The summed E-state index contributed by atoms with van der Waals surface area (Å²) in [7, 11) is 1.55. The van der Waals surface area contributed by atoms with Gasteiger partial charge in [-0.3, -0.25) is 4.79 Å². The topological polar surface area (TPSA) is 92.0 Å². The minimum absolute atomic E-state index is 0.186. The lowest BCUT2D eigenvalue weighted by Crippen LogP contribution is -2.23. The number of para-hydroxylation sites is 1. The van der Waals surface area contributed by atoms with Crippen LogP contribution >= 0.6 is 0 Å². The van der Waals surface area contributed by atoms with Crippen molar-refractivity contribution in [1.29, 1.82) is 5.26 Å². The maximum absolute atomic E-state index is 12.6. The summed E-state index contributed by atoms with van der Waals surface area (Å²) < 4.78 is 7.29. The number of anilines is 1. The van der Waals surface area contributed by atoms with Gasteiger partial charge in [-0.05, 0) is 37.5 Å². The molecule has 1 amide bonds. The Bertz CT molecular complexity index is 1150. The third-order valence-electron chi connectivity index (χ3n) is 6.07. The zero-order valence-corrected chi connectivity index (χ0v) is 19.1. The van der Waals surface area contributed by atoms with E-state index < -0.39 is 0 Å².